The van der Waals surface area contributed by atoms with Gasteiger partial charge in [0, 0.05) is 65.6 Å². The van der Waals surface area contributed by atoms with Crippen molar-refractivity contribution >= 4 is 11.8 Å². The summed E-state index contributed by atoms with van der Waals surface area (Å²) in [5.74, 6) is 1.93. The van der Waals surface area contributed by atoms with Gasteiger partial charge in [0.1, 0.15) is 12.1 Å². The maximum Gasteiger partial charge on any atom is 0.194 e. The Morgan fingerprint density at radius 1 is 1.26 bits per heavy atom. The van der Waals surface area contributed by atoms with Gasteiger partial charge in [0.15, 0.2) is 5.96 Å². The van der Waals surface area contributed by atoms with Gasteiger partial charge in [-0.15, -0.1) is 0 Å². The van der Waals surface area contributed by atoms with Gasteiger partial charge in [-0.25, -0.2) is 9.98 Å². The van der Waals surface area contributed by atoms with E-state index in [0.29, 0.717) is 6.54 Å². The molecule has 1 aliphatic rings. The number of nitrogens with one attached hydrogen (secondary N) is 1. The minimum atomic E-state index is 0.644. The van der Waals surface area contributed by atoms with E-state index in [1.807, 2.05) is 37.3 Å². The predicted octanol–water partition coefficient (Wildman–Crippen LogP) is 1.42. The van der Waals surface area contributed by atoms with Gasteiger partial charge in [0.05, 0.1) is 12.2 Å². The van der Waals surface area contributed by atoms with Crippen LogP contribution >= 0.6 is 0 Å². The lowest BCUT2D eigenvalue weighted by atomic mass is 10.2. The number of piperazine rings is 1. The summed E-state index contributed by atoms with van der Waals surface area (Å²) >= 11 is 0. The maximum atomic E-state index is 4.92. The molecule has 1 aliphatic heterocycles. The molecule has 0 atom stereocenters. The summed E-state index contributed by atoms with van der Waals surface area (Å²) in [6.45, 7) is 8.30. The summed E-state index contributed by atoms with van der Waals surface area (Å²) in [6.07, 6.45) is 3.47. The number of anilines is 1. The standard InChI is InChI=1S/C19H29N7O/c1-4-20-19(22-14-16-5-7-21-18(13-16)24(2)3)26-10-8-25(9-11-26)15-17-6-12-27-23-17/h5-7,12-13H,4,8-11,14-15H2,1-3H3,(H,20,22). The lowest BCUT2D eigenvalue weighted by Gasteiger charge is -2.36. The topological polar surface area (TPSA) is 73.0 Å². The first-order valence-electron chi connectivity index (χ1n) is 9.43. The van der Waals surface area contributed by atoms with Crippen molar-refractivity contribution in [3.63, 3.8) is 0 Å². The largest absolute Gasteiger partial charge is 0.364 e. The second-order valence-electron chi connectivity index (χ2n) is 6.84. The van der Waals surface area contributed by atoms with Gasteiger partial charge in [0.2, 0.25) is 0 Å². The molecular formula is C19H29N7O. The van der Waals surface area contributed by atoms with Gasteiger partial charge < -0.3 is 19.6 Å². The molecule has 0 saturated carbocycles. The number of hydrogen-bond acceptors (Lipinski definition) is 6. The Kier molecular flexibility index (Phi) is 6.64. The van der Waals surface area contributed by atoms with Crippen LogP contribution in [0.3, 0.4) is 0 Å². The van der Waals surface area contributed by atoms with E-state index >= 15 is 0 Å². The average Bonchev–Trinajstić information content (AvgIpc) is 3.19. The minimum Gasteiger partial charge on any atom is -0.364 e. The van der Waals surface area contributed by atoms with E-state index in [1.54, 1.807) is 6.26 Å². The highest BCUT2D eigenvalue weighted by Crippen LogP contribution is 2.11. The fraction of sp³-hybridized carbons (Fsp3) is 0.526. The molecule has 1 N–H and O–H groups in total. The molecule has 0 bridgehead atoms. The molecule has 2 aromatic heterocycles. The molecule has 27 heavy (non-hydrogen) atoms. The quantitative estimate of drug-likeness (QED) is 0.608. The zero-order chi connectivity index (χ0) is 19.1. The van der Waals surface area contributed by atoms with Crippen molar-refractivity contribution in [3.8, 4) is 0 Å². The number of hydrogen-bond donors (Lipinski definition) is 1. The summed E-state index contributed by atoms with van der Waals surface area (Å²) < 4.78 is 4.92. The first-order valence-corrected chi connectivity index (χ1v) is 9.43. The van der Waals surface area contributed by atoms with E-state index < -0.39 is 0 Å². The third-order valence-electron chi connectivity index (χ3n) is 4.56. The van der Waals surface area contributed by atoms with Crippen LogP contribution in [0.4, 0.5) is 5.82 Å². The van der Waals surface area contributed by atoms with Crippen LogP contribution in [0.25, 0.3) is 0 Å². The van der Waals surface area contributed by atoms with Crippen molar-refractivity contribution in [1.29, 1.82) is 0 Å². The molecule has 0 unspecified atom stereocenters. The van der Waals surface area contributed by atoms with Crippen LogP contribution in [0.1, 0.15) is 18.2 Å². The van der Waals surface area contributed by atoms with Crippen molar-refractivity contribution in [2.45, 2.75) is 20.0 Å². The number of aliphatic imine (C=N–C) groups is 1. The highest BCUT2D eigenvalue weighted by Gasteiger charge is 2.20. The van der Waals surface area contributed by atoms with Crippen molar-refractivity contribution in [3.05, 3.63) is 41.9 Å². The lowest BCUT2D eigenvalue weighted by molar-refractivity contribution is 0.169. The van der Waals surface area contributed by atoms with E-state index in [2.05, 4.69) is 38.2 Å². The molecule has 1 saturated heterocycles. The molecule has 8 heteroatoms. The molecule has 0 aromatic carbocycles. The van der Waals surface area contributed by atoms with Crippen LogP contribution in [0.15, 0.2) is 40.2 Å². The number of guanidine groups is 1. The van der Waals surface area contributed by atoms with E-state index in [-0.39, 0.29) is 0 Å². The first-order chi connectivity index (χ1) is 13.2. The third-order valence-corrected chi connectivity index (χ3v) is 4.56. The van der Waals surface area contributed by atoms with Crippen molar-refractivity contribution in [2.75, 3.05) is 51.7 Å². The molecule has 3 heterocycles. The van der Waals surface area contributed by atoms with Crippen LogP contribution in [0.2, 0.25) is 0 Å². The van der Waals surface area contributed by atoms with Gasteiger partial charge in [0.25, 0.3) is 0 Å². The SMILES string of the molecule is CCNC(=NCc1ccnc(N(C)C)c1)N1CCN(Cc2ccon2)CC1. The Hall–Kier alpha value is -2.61. The van der Waals surface area contributed by atoms with Gasteiger partial charge in [-0.05, 0) is 24.6 Å². The van der Waals surface area contributed by atoms with Crippen molar-refractivity contribution in [1.82, 2.24) is 25.3 Å². The van der Waals surface area contributed by atoms with E-state index in [0.717, 1.165) is 62.3 Å². The number of nitrogens with zero attached hydrogens (tertiary/aromatic N) is 6. The monoisotopic (exact) mass is 371 g/mol. The summed E-state index contributed by atoms with van der Waals surface area (Å²) in [4.78, 5) is 15.9. The fourth-order valence-electron chi connectivity index (χ4n) is 3.06. The van der Waals surface area contributed by atoms with E-state index in [4.69, 9.17) is 9.52 Å². The number of rotatable bonds is 6. The Labute approximate surface area is 160 Å². The molecule has 8 nitrogen and oxygen atoms in total. The molecule has 2 aromatic rings. The zero-order valence-corrected chi connectivity index (χ0v) is 16.4. The number of aromatic nitrogens is 2. The summed E-state index contributed by atoms with van der Waals surface area (Å²) in [6, 6.07) is 6.04. The molecule has 3 rings (SSSR count). The smallest absolute Gasteiger partial charge is 0.194 e. The van der Waals surface area contributed by atoms with Gasteiger partial charge in [-0.1, -0.05) is 5.16 Å². The van der Waals surface area contributed by atoms with Crippen molar-refractivity contribution in [2.24, 2.45) is 4.99 Å². The Balaban J connectivity index is 1.58. The second-order valence-corrected chi connectivity index (χ2v) is 6.84. The van der Waals surface area contributed by atoms with Gasteiger partial charge in [-0.3, -0.25) is 4.90 Å². The maximum absolute atomic E-state index is 4.92. The van der Waals surface area contributed by atoms with Gasteiger partial charge >= 0.3 is 0 Å². The predicted molar refractivity (Wildman–Crippen MR) is 107 cm³/mol. The van der Waals surface area contributed by atoms with Crippen molar-refractivity contribution < 1.29 is 4.52 Å². The van der Waals surface area contributed by atoms with Crippen LogP contribution in [0.5, 0.6) is 0 Å². The Bertz CT molecular complexity index is 721. The molecule has 0 amide bonds. The molecule has 146 valence electrons. The highest BCUT2D eigenvalue weighted by atomic mass is 16.5. The zero-order valence-electron chi connectivity index (χ0n) is 16.4. The van der Waals surface area contributed by atoms with Gasteiger partial charge in [-0.2, -0.15) is 0 Å². The summed E-state index contributed by atoms with van der Waals surface area (Å²) in [5, 5.41) is 7.43. The van der Waals surface area contributed by atoms with Crippen LogP contribution in [-0.4, -0.2) is 72.7 Å². The molecule has 0 spiro atoms. The fourth-order valence-corrected chi connectivity index (χ4v) is 3.06. The molecular weight excluding hydrogens is 342 g/mol. The highest BCUT2D eigenvalue weighted by molar-refractivity contribution is 5.80. The average molecular weight is 371 g/mol. The number of pyridine rings is 1. The third kappa shape index (κ3) is 5.43. The normalized spacial score (nSPS) is 15.8. The van der Waals surface area contributed by atoms with Crippen LogP contribution < -0.4 is 10.2 Å². The van der Waals surface area contributed by atoms with Crippen LogP contribution in [-0.2, 0) is 13.1 Å². The van der Waals surface area contributed by atoms with Crippen LogP contribution in [0, 0.1) is 0 Å². The first kappa shape index (κ1) is 19.2. The summed E-state index contributed by atoms with van der Waals surface area (Å²) in [7, 11) is 4.00. The summed E-state index contributed by atoms with van der Waals surface area (Å²) in [5.41, 5.74) is 2.15. The molecule has 0 radical (unpaired) electrons. The Morgan fingerprint density at radius 2 is 2.07 bits per heavy atom. The molecule has 1 fully saturated rings. The molecule has 0 aliphatic carbocycles. The Morgan fingerprint density at radius 3 is 2.74 bits per heavy atom. The minimum absolute atomic E-state index is 0.644. The lowest BCUT2D eigenvalue weighted by Crippen LogP contribution is -2.52. The van der Waals surface area contributed by atoms with E-state index in [9.17, 15) is 0 Å². The van der Waals surface area contributed by atoms with E-state index in [1.165, 1.54) is 0 Å². The second kappa shape index (κ2) is 9.36.